The Hall–Kier alpha value is -1.13. The summed E-state index contributed by atoms with van der Waals surface area (Å²) >= 11 is 0. The Morgan fingerprint density at radius 3 is 2.39 bits per heavy atom. The summed E-state index contributed by atoms with van der Waals surface area (Å²) in [5.41, 5.74) is 0.401. The number of benzene rings is 1. The zero-order chi connectivity index (χ0) is 13.9. The Kier molecular flexibility index (Phi) is 4.71. The van der Waals surface area contributed by atoms with E-state index in [9.17, 15) is 4.39 Å². The van der Waals surface area contributed by atoms with Gasteiger partial charge in [-0.25, -0.2) is 4.39 Å². The predicted octanol–water partition coefficient (Wildman–Crippen LogP) is 2.44. The van der Waals surface area contributed by atoms with Crippen LogP contribution in [0.5, 0.6) is 5.75 Å². The molecule has 3 nitrogen and oxygen atoms in total. The first-order valence-electron chi connectivity index (χ1n) is 6.03. The third-order valence-corrected chi connectivity index (χ3v) is 3.67. The lowest BCUT2D eigenvalue weighted by Gasteiger charge is -2.40. The molecule has 1 aromatic rings. The van der Waals surface area contributed by atoms with Crippen LogP contribution in [0, 0.1) is 5.82 Å². The normalized spacial score (nSPS) is 13.8. The standard InChI is InChI=1S/C14H23FN2O/c1-14(2,17(4)5)13(16-3)10-8-7-9-11(18-6)12(10)15/h7-9,13,16H,1-6H3. The topological polar surface area (TPSA) is 24.5 Å². The number of ether oxygens (including phenoxy) is 1. The molecule has 0 heterocycles. The largest absolute Gasteiger partial charge is 0.494 e. The number of nitrogens with one attached hydrogen (secondary N) is 1. The molecule has 1 N–H and O–H groups in total. The molecule has 0 saturated carbocycles. The van der Waals surface area contributed by atoms with Gasteiger partial charge in [-0.05, 0) is 41.1 Å². The number of hydrogen-bond donors (Lipinski definition) is 1. The fourth-order valence-electron chi connectivity index (χ4n) is 2.06. The highest BCUT2D eigenvalue weighted by Crippen LogP contribution is 2.33. The van der Waals surface area contributed by atoms with Crippen LogP contribution in [0.4, 0.5) is 4.39 Å². The number of nitrogens with zero attached hydrogens (tertiary/aromatic N) is 1. The fraction of sp³-hybridized carbons (Fsp3) is 0.571. The number of halogens is 1. The molecule has 1 unspecified atom stereocenters. The van der Waals surface area contributed by atoms with Crippen molar-refractivity contribution in [2.24, 2.45) is 0 Å². The zero-order valence-corrected chi connectivity index (χ0v) is 12.0. The molecule has 18 heavy (non-hydrogen) atoms. The first-order chi connectivity index (χ1) is 8.36. The molecule has 0 radical (unpaired) electrons. The Morgan fingerprint density at radius 1 is 1.33 bits per heavy atom. The van der Waals surface area contributed by atoms with E-state index in [-0.39, 0.29) is 23.1 Å². The zero-order valence-electron chi connectivity index (χ0n) is 12.0. The number of hydrogen-bond acceptors (Lipinski definition) is 3. The van der Waals surface area contributed by atoms with Crippen molar-refractivity contribution in [1.82, 2.24) is 10.2 Å². The maximum absolute atomic E-state index is 14.3. The molecule has 4 heteroatoms. The minimum Gasteiger partial charge on any atom is -0.494 e. The molecular weight excluding hydrogens is 231 g/mol. The molecule has 0 amide bonds. The number of likely N-dealkylation sites (N-methyl/N-ethyl adjacent to an activating group) is 2. The molecule has 0 aliphatic heterocycles. The van der Waals surface area contributed by atoms with Gasteiger partial charge < -0.3 is 15.0 Å². The van der Waals surface area contributed by atoms with E-state index >= 15 is 0 Å². The summed E-state index contributed by atoms with van der Waals surface area (Å²) in [6.07, 6.45) is 0. The van der Waals surface area contributed by atoms with Crippen LogP contribution in [0.15, 0.2) is 18.2 Å². The van der Waals surface area contributed by atoms with Crippen molar-refractivity contribution in [2.75, 3.05) is 28.3 Å². The predicted molar refractivity (Wildman–Crippen MR) is 72.5 cm³/mol. The quantitative estimate of drug-likeness (QED) is 0.873. The van der Waals surface area contributed by atoms with Gasteiger partial charge in [0, 0.05) is 11.1 Å². The third-order valence-electron chi connectivity index (χ3n) is 3.67. The summed E-state index contributed by atoms with van der Waals surface area (Å²) in [4.78, 5) is 2.08. The Labute approximate surface area is 109 Å². The van der Waals surface area contributed by atoms with Gasteiger partial charge in [-0.1, -0.05) is 12.1 Å². The van der Waals surface area contributed by atoms with Gasteiger partial charge in [0.15, 0.2) is 11.6 Å². The van der Waals surface area contributed by atoms with E-state index in [2.05, 4.69) is 24.1 Å². The minimum atomic E-state index is -0.297. The lowest BCUT2D eigenvalue weighted by atomic mass is 9.87. The second-order valence-corrected chi connectivity index (χ2v) is 5.13. The molecule has 1 aromatic carbocycles. The molecule has 1 atom stereocenters. The van der Waals surface area contributed by atoms with Gasteiger partial charge >= 0.3 is 0 Å². The average molecular weight is 254 g/mol. The lowest BCUT2D eigenvalue weighted by Crippen LogP contribution is -2.48. The van der Waals surface area contributed by atoms with Crippen LogP contribution >= 0.6 is 0 Å². The molecular formula is C14H23FN2O. The molecule has 102 valence electrons. The molecule has 1 rings (SSSR count). The molecule has 0 spiro atoms. The number of rotatable bonds is 5. The van der Waals surface area contributed by atoms with Gasteiger partial charge in [-0.2, -0.15) is 0 Å². The van der Waals surface area contributed by atoms with Crippen LogP contribution in [0.3, 0.4) is 0 Å². The van der Waals surface area contributed by atoms with Crippen molar-refractivity contribution in [3.05, 3.63) is 29.6 Å². The van der Waals surface area contributed by atoms with Crippen LogP contribution in [0.2, 0.25) is 0 Å². The Morgan fingerprint density at radius 2 is 1.94 bits per heavy atom. The maximum Gasteiger partial charge on any atom is 0.169 e. The van der Waals surface area contributed by atoms with Crippen molar-refractivity contribution in [3.63, 3.8) is 0 Å². The smallest absolute Gasteiger partial charge is 0.169 e. The number of methoxy groups -OCH3 is 1. The van der Waals surface area contributed by atoms with Gasteiger partial charge in [0.25, 0.3) is 0 Å². The second-order valence-electron chi connectivity index (χ2n) is 5.13. The van der Waals surface area contributed by atoms with E-state index in [0.717, 1.165) is 0 Å². The second kappa shape index (κ2) is 5.67. The van der Waals surface area contributed by atoms with Crippen LogP contribution in [0.25, 0.3) is 0 Å². The Balaban J connectivity index is 3.26. The lowest BCUT2D eigenvalue weighted by molar-refractivity contribution is 0.140. The summed E-state index contributed by atoms with van der Waals surface area (Å²) in [5, 5.41) is 3.19. The Bertz CT molecular complexity index is 405. The SMILES string of the molecule is CNC(c1cccc(OC)c1F)C(C)(C)N(C)C. The first-order valence-corrected chi connectivity index (χ1v) is 6.03. The highest BCUT2D eigenvalue weighted by Gasteiger charge is 2.34. The van der Waals surface area contributed by atoms with Crippen molar-refractivity contribution in [3.8, 4) is 5.75 Å². The van der Waals surface area contributed by atoms with Crippen LogP contribution in [-0.2, 0) is 0 Å². The van der Waals surface area contributed by atoms with E-state index in [1.165, 1.54) is 7.11 Å². The van der Waals surface area contributed by atoms with E-state index < -0.39 is 0 Å². The van der Waals surface area contributed by atoms with Crippen LogP contribution < -0.4 is 10.1 Å². The van der Waals surface area contributed by atoms with Gasteiger partial charge in [-0.15, -0.1) is 0 Å². The highest BCUT2D eigenvalue weighted by molar-refractivity contribution is 5.34. The van der Waals surface area contributed by atoms with Crippen molar-refractivity contribution >= 4 is 0 Å². The maximum atomic E-state index is 14.3. The van der Waals surface area contributed by atoms with Crippen molar-refractivity contribution in [2.45, 2.75) is 25.4 Å². The fourth-order valence-corrected chi connectivity index (χ4v) is 2.06. The summed E-state index contributed by atoms with van der Waals surface area (Å²) in [5.74, 6) is -0.0171. The molecule has 0 aliphatic carbocycles. The van der Waals surface area contributed by atoms with E-state index in [1.807, 2.05) is 27.2 Å². The highest BCUT2D eigenvalue weighted by atomic mass is 19.1. The van der Waals surface area contributed by atoms with Crippen LogP contribution in [-0.4, -0.2) is 38.7 Å². The molecule has 0 fully saturated rings. The van der Waals surface area contributed by atoms with Gasteiger partial charge in [0.1, 0.15) is 0 Å². The minimum absolute atomic E-state index is 0.123. The third kappa shape index (κ3) is 2.65. The van der Waals surface area contributed by atoms with E-state index in [1.54, 1.807) is 12.1 Å². The summed E-state index contributed by atoms with van der Waals surface area (Å²) < 4.78 is 19.4. The molecule has 0 saturated heterocycles. The van der Waals surface area contributed by atoms with Crippen molar-refractivity contribution in [1.29, 1.82) is 0 Å². The monoisotopic (exact) mass is 254 g/mol. The van der Waals surface area contributed by atoms with E-state index in [4.69, 9.17) is 4.74 Å². The summed E-state index contributed by atoms with van der Waals surface area (Å²) in [7, 11) is 7.30. The van der Waals surface area contributed by atoms with Gasteiger partial charge in [0.2, 0.25) is 0 Å². The first kappa shape index (κ1) is 14.9. The molecule has 0 aliphatic rings. The van der Waals surface area contributed by atoms with Crippen molar-refractivity contribution < 1.29 is 9.13 Å². The molecule has 0 aromatic heterocycles. The van der Waals surface area contributed by atoms with Gasteiger partial charge in [0.05, 0.1) is 13.2 Å². The molecule has 0 bridgehead atoms. The summed E-state index contributed by atoms with van der Waals surface area (Å²) in [6.45, 7) is 4.15. The van der Waals surface area contributed by atoms with E-state index in [0.29, 0.717) is 5.56 Å². The summed E-state index contributed by atoms with van der Waals surface area (Å²) in [6, 6.07) is 5.12. The van der Waals surface area contributed by atoms with Crippen LogP contribution in [0.1, 0.15) is 25.5 Å². The average Bonchev–Trinajstić information content (AvgIpc) is 2.31. The van der Waals surface area contributed by atoms with Gasteiger partial charge in [-0.3, -0.25) is 0 Å².